The number of aromatic nitrogens is 2. The number of rotatable bonds is 8. The van der Waals surface area contributed by atoms with Crippen molar-refractivity contribution >= 4 is 34.5 Å². The lowest BCUT2D eigenvalue weighted by Crippen LogP contribution is -2.32. The Balaban J connectivity index is 1.92. The second-order valence-corrected chi connectivity index (χ2v) is 7.70. The van der Waals surface area contributed by atoms with Gasteiger partial charge in [0.1, 0.15) is 5.82 Å². The molecule has 3 aromatic rings. The van der Waals surface area contributed by atoms with Crippen LogP contribution in [0.1, 0.15) is 21.7 Å². The van der Waals surface area contributed by atoms with Crippen LogP contribution in [-0.4, -0.2) is 60.6 Å². The summed E-state index contributed by atoms with van der Waals surface area (Å²) in [5.74, 6) is 0.106. The zero-order valence-electron chi connectivity index (χ0n) is 17.3. The van der Waals surface area contributed by atoms with Crippen molar-refractivity contribution in [1.29, 1.82) is 0 Å². The lowest BCUT2D eigenvalue weighted by molar-refractivity contribution is -0.120. The van der Waals surface area contributed by atoms with E-state index in [-0.39, 0.29) is 12.3 Å². The molecule has 0 radical (unpaired) electrons. The zero-order valence-corrected chi connectivity index (χ0v) is 18.1. The van der Waals surface area contributed by atoms with Crippen molar-refractivity contribution in [1.82, 2.24) is 19.8 Å². The molecule has 0 aliphatic rings. The van der Waals surface area contributed by atoms with Gasteiger partial charge in [0, 0.05) is 24.7 Å². The third-order valence-electron chi connectivity index (χ3n) is 4.70. The minimum Gasteiger partial charge on any atom is -0.465 e. The molecule has 0 aliphatic carbocycles. The highest BCUT2D eigenvalue weighted by molar-refractivity contribution is 6.30. The third-order valence-corrected chi connectivity index (χ3v) is 4.95. The molecule has 1 aromatic heterocycles. The number of fused-ring (bicyclic) bond motifs is 1. The summed E-state index contributed by atoms with van der Waals surface area (Å²) in [5, 5.41) is 3.58. The SMILES string of the molecule is COC(=O)c1ccc2c(c1)nc(CC(=O)NCCN(C)C)n2Cc1ccc(Cl)cc1. The van der Waals surface area contributed by atoms with Crippen LogP contribution in [0.5, 0.6) is 0 Å². The van der Waals surface area contributed by atoms with Crippen LogP contribution in [0, 0.1) is 0 Å². The maximum atomic E-state index is 12.5. The monoisotopic (exact) mass is 428 g/mol. The highest BCUT2D eigenvalue weighted by Gasteiger charge is 2.16. The number of esters is 1. The number of imidazole rings is 1. The second-order valence-electron chi connectivity index (χ2n) is 7.27. The lowest BCUT2D eigenvalue weighted by Gasteiger charge is -2.12. The number of methoxy groups -OCH3 is 1. The molecule has 0 aliphatic heterocycles. The maximum absolute atomic E-state index is 12.5. The molecule has 0 saturated heterocycles. The smallest absolute Gasteiger partial charge is 0.337 e. The quantitative estimate of drug-likeness (QED) is 0.558. The molecule has 1 heterocycles. The van der Waals surface area contributed by atoms with Gasteiger partial charge < -0.3 is 19.5 Å². The van der Waals surface area contributed by atoms with Crippen molar-refractivity contribution in [2.24, 2.45) is 0 Å². The summed E-state index contributed by atoms with van der Waals surface area (Å²) in [4.78, 5) is 31.0. The van der Waals surface area contributed by atoms with Crippen molar-refractivity contribution in [2.75, 3.05) is 34.3 Å². The molecule has 0 atom stereocenters. The number of hydrogen-bond donors (Lipinski definition) is 1. The fourth-order valence-electron chi connectivity index (χ4n) is 3.13. The molecule has 7 nitrogen and oxygen atoms in total. The summed E-state index contributed by atoms with van der Waals surface area (Å²) in [6, 6.07) is 12.8. The Morgan fingerprint density at radius 1 is 1.17 bits per heavy atom. The first-order valence-corrected chi connectivity index (χ1v) is 9.98. The summed E-state index contributed by atoms with van der Waals surface area (Å²) < 4.78 is 6.79. The van der Waals surface area contributed by atoms with E-state index >= 15 is 0 Å². The molecular formula is C22H25ClN4O3. The normalized spacial score (nSPS) is 11.1. The van der Waals surface area contributed by atoms with Gasteiger partial charge in [-0.1, -0.05) is 23.7 Å². The number of likely N-dealkylation sites (N-methyl/N-ethyl adjacent to an activating group) is 1. The van der Waals surface area contributed by atoms with E-state index in [4.69, 9.17) is 16.3 Å². The Hall–Kier alpha value is -2.90. The lowest BCUT2D eigenvalue weighted by atomic mass is 10.2. The predicted octanol–water partition coefficient (Wildman–Crippen LogP) is 2.74. The van der Waals surface area contributed by atoms with Gasteiger partial charge >= 0.3 is 5.97 Å². The number of ether oxygens (including phenoxy) is 1. The second kappa shape index (κ2) is 9.73. The van der Waals surface area contributed by atoms with Gasteiger partial charge in [0.05, 0.1) is 30.1 Å². The molecule has 1 N–H and O–H groups in total. The van der Waals surface area contributed by atoms with Crippen molar-refractivity contribution in [3.8, 4) is 0 Å². The Labute approximate surface area is 180 Å². The molecule has 30 heavy (non-hydrogen) atoms. The van der Waals surface area contributed by atoms with Gasteiger partial charge in [0.25, 0.3) is 0 Å². The number of benzene rings is 2. The van der Waals surface area contributed by atoms with Gasteiger partial charge in [0.2, 0.25) is 5.91 Å². The van der Waals surface area contributed by atoms with E-state index in [1.807, 2.05) is 53.9 Å². The molecule has 2 aromatic carbocycles. The van der Waals surface area contributed by atoms with Crippen LogP contribution in [0.3, 0.4) is 0 Å². The first-order valence-electron chi connectivity index (χ1n) is 9.60. The summed E-state index contributed by atoms with van der Waals surface area (Å²) in [6.07, 6.45) is 0.142. The van der Waals surface area contributed by atoms with Crippen molar-refractivity contribution < 1.29 is 14.3 Å². The van der Waals surface area contributed by atoms with Crippen LogP contribution in [-0.2, 0) is 22.5 Å². The van der Waals surface area contributed by atoms with Crippen LogP contribution in [0.25, 0.3) is 11.0 Å². The molecule has 3 rings (SSSR count). The Morgan fingerprint density at radius 3 is 2.57 bits per heavy atom. The van der Waals surface area contributed by atoms with Crippen LogP contribution in [0.4, 0.5) is 0 Å². The van der Waals surface area contributed by atoms with E-state index in [1.165, 1.54) is 7.11 Å². The Bertz CT molecular complexity index is 1040. The molecule has 0 spiro atoms. The van der Waals surface area contributed by atoms with E-state index < -0.39 is 5.97 Å². The number of carbonyl (C=O) groups is 2. The molecule has 0 unspecified atom stereocenters. The topological polar surface area (TPSA) is 76.5 Å². The van der Waals surface area contributed by atoms with Crippen LogP contribution in [0.15, 0.2) is 42.5 Å². The van der Waals surface area contributed by atoms with Gasteiger partial charge in [-0.05, 0) is 50.0 Å². The van der Waals surface area contributed by atoms with Gasteiger partial charge in [0.15, 0.2) is 0 Å². The van der Waals surface area contributed by atoms with Gasteiger partial charge in [-0.3, -0.25) is 4.79 Å². The van der Waals surface area contributed by atoms with E-state index in [0.29, 0.717) is 35.0 Å². The summed E-state index contributed by atoms with van der Waals surface area (Å²) in [6.45, 7) is 1.86. The average molecular weight is 429 g/mol. The van der Waals surface area contributed by atoms with Gasteiger partial charge in [-0.25, -0.2) is 9.78 Å². The first-order chi connectivity index (χ1) is 14.4. The van der Waals surface area contributed by atoms with Crippen LogP contribution < -0.4 is 5.32 Å². The van der Waals surface area contributed by atoms with E-state index in [2.05, 4.69) is 10.3 Å². The molecule has 0 bridgehead atoms. The van der Waals surface area contributed by atoms with Gasteiger partial charge in [-0.15, -0.1) is 0 Å². The largest absolute Gasteiger partial charge is 0.465 e. The molecule has 8 heteroatoms. The number of amides is 1. The highest BCUT2D eigenvalue weighted by atomic mass is 35.5. The summed E-state index contributed by atoms with van der Waals surface area (Å²) >= 11 is 6.00. The predicted molar refractivity (Wildman–Crippen MR) is 117 cm³/mol. The Kier molecular flexibility index (Phi) is 7.07. The minimum atomic E-state index is -0.424. The zero-order chi connectivity index (χ0) is 21.7. The highest BCUT2D eigenvalue weighted by Crippen LogP contribution is 2.21. The minimum absolute atomic E-state index is 0.0993. The standard InChI is InChI=1S/C22H25ClN4O3/c1-26(2)11-10-24-21(28)13-20-25-18-12-16(22(29)30-3)6-9-19(18)27(20)14-15-4-7-17(23)8-5-15/h4-9,12H,10-11,13-14H2,1-3H3,(H,24,28). The fraction of sp³-hybridized carbons (Fsp3) is 0.318. The molecular weight excluding hydrogens is 404 g/mol. The molecule has 158 valence electrons. The number of halogens is 1. The summed E-state index contributed by atoms with van der Waals surface area (Å²) in [5.41, 5.74) is 2.93. The number of hydrogen-bond acceptors (Lipinski definition) is 5. The van der Waals surface area contributed by atoms with Crippen molar-refractivity contribution in [3.63, 3.8) is 0 Å². The summed E-state index contributed by atoms with van der Waals surface area (Å²) in [7, 11) is 5.25. The van der Waals surface area contributed by atoms with Crippen molar-refractivity contribution in [2.45, 2.75) is 13.0 Å². The number of nitrogens with one attached hydrogen (secondary N) is 1. The van der Waals surface area contributed by atoms with Crippen LogP contribution in [0.2, 0.25) is 5.02 Å². The fourth-order valence-corrected chi connectivity index (χ4v) is 3.26. The van der Waals surface area contributed by atoms with Crippen LogP contribution >= 0.6 is 11.6 Å². The number of nitrogens with zero attached hydrogens (tertiary/aromatic N) is 3. The first kappa shape index (κ1) is 21.8. The van der Waals surface area contributed by atoms with E-state index in [1.54, 1.807) is 12.1 Å². The Morgan fingerprint density at radius 2 is 1.90 bits per heavy atom. The molecule has 0 saturated carbocycles. The number of carbonyl (C=O) groups excluding carboxylic acids is 2. The maximum Gasteiger partial charge on any atom is 0.337 e. The molecule has 0 fully saturated rings. The van der Waals surface area contributed by atoms with Gasteiger partial charge in [-0.2, -0.15) is 0 Å². The average Bonchev–Trinajstić information content (AvgIpc) is 3.04. The molecule has 1 amide bonds. The van der Waals surface area contributed by atoms with E-state index in [9.17, 15) is 9.59 Å². The van der Waals surface area contributed by atoms with Crippen molar-refractivity contribution in [3.05, 3.63) is 64.4 Å². The third kappa shape index (κ3) is 5.37. The van der Waals surface area contributed by atoms with E-state index in [0.717, 1.165) is 17.6 Å².